The van der Waals surface area contributed by atoms with Crippen LogP contribution in [0.3, 0.4) is 0 Å². The lowest BCUT2D eigenvalue weighted by Gasteiger charge is -2.08. The first kappa shape index (κ1) is 13.2. The van der Waals surface area contributed by atoms with Crippen LogP contribution >= 0.6 is 15.9 Å². The third kappa shape index (κ3) is 3.97. The van der Waals surface area contributed by atoms with E-state index >= 15 is 0 Å². The molecule has 3 heteroatoms. The first-order valence-electron chi connectivity index (χ1n) is 5.56. The number of aryl methyl sites for hydroxylation is 2. The summed E-state index contributed by atoms with van der Waals surface area (Å²) in [5.74, 6) is 0.0378. The fourth-order valence-corrected chi connectivity index (χ4v) is 1.89. The molecule has 0 spiro atoms. The van der Waals surface area contributed by atoms with Crippen LogP contribution < -0.4 is 5.32 Å². The fourth-order valence-electron chi connectivity index (χ4n) is 1.50. The van der Waals surface area contributed by atoms with Crippen LogP contribution in [0.4, 0.5) is 0 Å². The third-order valence-corrected chi connectivity index (χ3v) is 3.04. The smallest absolute Gasteiger partial charge is 0.251 e. The van der Waals surface area contributed by atoms with Gasteiger partial charge in [0.15, 0.2) is 0 Å². The number of carbonyl (C=O) groups excluding carboxylic acids is 1. The summed E-state index contributed by atoms with van der Waals surface area (Å²) in [5.41, 5.74) is 2.94. The number of amides is 1. The van der Waals surface area contributed by atoms with Crippen LogP contribution in [-0.2, 0) is 0 Å². The van der Waals surface area contributed by atoms with Crippen LogP contribution in [0.1, 0.15) is 34.3 Å². The maximum atomic E-state index is 11.9. The number of alkyl halides is 1. The topological polar surface area (TPSA) is 29.1 Å². The molecule has 0 saturated heterocycles. The second-order valence-electron chi connectivity index (χ2n) is 3.97. The van der Waals surface area contributed by atoms with Gasteiger partial charge in [0.1, 0.15) is 0 Å². The molecule has 0 heterocycles. The molecule has 0 bridgehead atoms. The molecule has 0 unspecified atom stereocenters. The monoisotopic (exact) mass is 283 g/mol. The van der Waals surface area contributed by atoms with Crippen LogP contribution in [0, 0.1) is 13.8 Å². The number of unbranched alkanes of at least 4 members (excludes halogenated alkanes) is 1. The summed E-state index contributed by atoms with van der Waals surface area (Å²) in [5, 5.41) is 3.93. The van der Waals surface area contributed by atoms with E-state index < -0.39 is 0 Å². The fraction of sp³-hybridized carbons (Fsp3) is 0.462. The summed E-state index contributed by atoms with van der Waals surface area (Å²) in [6, 6.07) is 5.95. The van der Waals surface area contributed by atoms with E-state index in [1.807, 2.05) is 32.0 Å². The molecule has 0 aromatic heterocycles. The molecule has 0 aliphatic rings. The Morgan fingerprint density at radius 3 is 2.75 bits per heavy atom. The van der Waals surface area contributed by atoms with Crippen molar-refractivity contribution >= 4 is 21.8 Å². The van der Waals surface area contributed by atoms with Gasteiger partial charge in [-0.3, -0.25) is 4.79 Å². The number of nitrogens with one attached hydrogen (secondary N) is 1. The Morgan fingerprint density at radius 2 is 2.06 bits per heavy atom. The summed E-state index contributed by atoms with van der Waals surface area (Å²) in [6.07, 6.45) is 2.11. The van der Waals surface area contributed by atoms with E-state index in [1.54, 1.807) is 0 Å². The van der Waals surface area contributed by atoms with Crippen molar-refractivity contribution in [2.24, 2.45) is 0 Å². The molecule has 1 aromatic rings. The molecular formula is C13H18BrNO. The summed E-state index contributed by atoms with van der Waals surface area (Å²) < 4.78 is 0. The second-order valence-corrected chi connectivity index (χ2v) is 4.76. The second kappa shape index (κ2) is 6.69. The van der Waals surface area contributed by atoms with E-state index in [9.17, 15) is 4.79 Å². The number of rotatable bonds is 5. The average molecular weight is 284 g/mol. The lowest BCUT2D eigenvalue weighted by Crippen LogP contribution is -2.25. The van der Waals surface area contributed by atoms with Gasteiger partial charge in [-0.25, -0.2) is 0 Å². The summed E-state index contributed by atoms with van der Waals surface area (Å²) >= 11 is 3.37. The van der Waals surface area contributed by atoms with Crippen LogP contribution in [0.5, 0.6) is 0 Å². The molecule has 0 saturated carbocycles. The first-order chi connectivity index (χ1) is 7.65. The largest absolute Gasteiger partial charge is 0.352 e. The molecule has 0 aliphatic carbocycles. The molecular weight excluding hydrogens is 266 g/mol. The number of halogens is 1. The molecule has 16 heavy (non-hydrogen) atoms. The lowest BCUT2D eigenvalue weighted by molar-refractivity contribution is 0.0952. The number of hydrogen-bond donors (Lipinski definition) is 1. The molecule has 1 rings (SSSR count). The minimum absolute atomic E-state index is 0.0378. The average Bonchev–Trinajstić information content (AvgIpc) is 2.27. The van der Waals surface area contributed by atoms with Crippen LogP contribution in [0.15, 0.2) is 18.2 Å². The van der Waals surface area contributed by atoms with Gasteiger partial charge in [-0.05, 0) is 38.3 Å². The standard InChI is InChI=1S/C13H18BrNO/c1-10-5-6-11(2)12(9-10)13(16)15-8-4-3-7-14/h5-6,9H,3-4,7-8H2,1-2H3,(H,15,16). The molecule has 0 radical (unpaired) electrons. The molecule has 0 fully saturated rings. The van der Waals surface area contributed by atoms with Gasteiger partial charge in [-0.15, -0.1) is 0 Å². The van der Waals surface area contributed by atoms with Gasteiger partial charge in [0.05, 0.1) is 0 Å². The van der Waals surface area contributed by atoms with Gasteiger partial charge in [0, 0.05) is 17.4 Å². The lowest BCUT2D eigenvalue weighted by atomic mass is 10.1. The summed E-state index contributed by atoms with van der Waals surface area (Å²) in [6.45, 7) is 4.71. The van der Waals surface area contributed by atoms with E-state index in [2.05, 4.69) is 21.2 Å². The van der Waals surface area contributed by atoms with E-state index in [1.165, 1.54) is 0 Å². The zero-order chi connectivity index (χ0) is 12.0. The highest BCUT2D eigenvalue weighted by atomic mass is 79.9. The summed E-state index contributed by atoms with van der Waals surface area (Å²) in [7, 11) is 0. The van der Waals surface area contributed by atoms with Crippen molar-refractivity contribution in [3.05, 3.63) is 34.9 Å². The highest BCUT2D eigenvalue weighted by Crippen LogP contribution is 2.10. The quantitative estimate of drug-likeness (QED) is 0.653. The van der Waals surface area contributed by atoms with Crippen molar-refractivity contribution in [2.75, 3.05) is 11.9 Å². The van der Waals surface area contributed by atoms with Gasteiger partial charge in [-0.1, -0.05) is 33.6 Å². The van der Waals surface area contributed by atoms with Crippen molar-refractivity contribution in [1.29, 1.82) is 0 Å². The van der Waals surface area contributed by atoms with Gasteiger partial charge < -0.3 is 5.32 Å². The minimum atomic E-state index is 0.0378. The van der Waals surface area contributed by atoms with Gasteiger partial charge in [-0.2, -0.15) is 0 Å². The van der Waals surface area contributed by atoms with Crippen molar-refractivity contribution < 1.29 is 4.79 Å². The van der Waals surface area contributed by atoms with Crippen LogP contribution in [0.25, 0.3) is 0 Å². The van der Waals surface area contributed by atoms with E-state index in [0.29, 0.717) is 0 Å². The SMILES string of the molecule is Cc1ccc(C)c(C(=O)NCCCCBr)c1. The van der Waals surface area contributed by atoms with Crippen LogP contribution in [0.2, 0.25) is 0 Å². The first-order valence-corrected chi connectivity index (χ1v) is 6.68. The van der Waals surface area contributed by atoms with E-state index in [4.69, 9.17) is 0 Å². The van der Waals surface area contributed by atoms with Crippen molar-refractivity contribution in [1.82, 2.24) is 5.32 Å². The number of benzene rings is 1. The molecule has 2 nitrogen and oxygen atoms in total. The number of carbonyl (C=O) groups is 1. The van der Waals surface area contributed by atoms with Crippen LogP contribution in [-0.4, -0.2) is 17.8 Å². The highest BCUT2D eigenvalue weighted by Gasteiger charge is 2.07. The summed E-state index contributed by atoms with van der Waals surface area (Å²) in [4.78, 5) is 11.9. The zero-order valence-electron chi connectivity index (χ0n) is 9.85. The maximum Gasteiger partial charge on any atom is 0.251 e. The molecule has 0 aliphatic heterocycles. The molecule has 1 N–H and O–H groups in total. The Bertz CT molecular complexity index is 363. The molecule has 1 amide bonds. The molecule has 88 valence electrons. The van der Waals surface area contributed by atoms with Gasteiger partial charge >= 0.3 is 0 Å². The van der Waals surface area contributed by atoms with Crippen molar-refractivity contribution in [2.45, 2.75) is 26.7 Å². The predicted octanol–water partition coefficient (Wildman–Crippen LogP) is 3.21. The Labute approximate surface area is 106 Å². The highest BCUT2D eigenvalue weighted by molar-refractivity contribution is 9.09. The maximum absolute atomic E-state index is 11.9. The Hall–Kier alpha value is -0.830. The van der Waals surface area contributed by atoms with Crippen molar-refractivity contribution in [3.8, 4) is 0 Å². The zero-order valence-corrected chi connectivity index (χ0v) is 11.4. The normalized spacial score (nSPS) is 10.2. The Morgan fingerprint density at radius 1 is 1.31 bits per heavy atom. The Balaban J connectivity index is 2.55. The Kier molecular flexibility index (Phi) is 5.53. The predicted molar refractivity (Wildman–Crippen MR) is 71.3 cm³/mol. The van der Waals surface area contributed by atoms with Crippen molar-refractivity contribution in [3.63, 3.8) is 0 Å². The van der Waals surface area contributed by atoms with Gasteiger partial charge in [0.25, 0.3) is 5.91 Å². The molecule has 1 aromatic carbocycles. The third-order valence-electron chi connectivity index (χ3n) is 2.48. The van der Waals surface area contributed by atoms with Gasteiger partial charge in [0.2, 0.25) is 0 Å². The molecule has 0 atom stereocenters. The van der Waals surface area contributed by atoms with E-state index in [0.717, 1.165) is 41.4 Å². The number of hydrogen-bond acceptors (Lipinski definition) is 1. The van der Waals surface area contributed by atoms with E-state index in [-0.39, 0.29) is 5.91 Å². The minimum Gasteiger partial charge on any atom is -0.352 e.